The lowest BCUT2D eigenvalue weighted by Gasteiger charge is -2.23. The van der Waals surface area contributed by atoms with Crippen molar-refractivity contribution in [3.63, 3.8) is 0 Å². The molecule has 6 heteroatoms. The van der Waals surface area contributed by atoms with Crippen LogP contribution in [-0.2, 0) is 4.79 Å². The smallest absolute Gasteiger partial charge is 0.244 e. The van der Waals surface area contributed by atoms with Crippen molar-refractivity contribution in [3.8, 4) is 12.1 Å². The molecule has 0 saturated carbocycles. The Balaban J connectivity index is 2.69. The van der Waals surface area contributed by atoms with Gasteiger partial charge in [-0.15, -0.1) is 11.3 Å². The third-order valence-corrected chi connectivity index (χ3v) is 3.37. The van der Waals surface area contributed by atoms with Gasteiger partial charge in [0.2, 0.25) is 5.91 Å². The van der Waals surface area contributed by atoms with Crippen molar-refractivity contribution in [2.75, 3.05) is 13.1 Å². The van der Waals surface area contributed by atoms with Gasteiger partial charge in [-0.25, -0.2) is 0 Å². The van der Waals surface area contributed by atoms with Crippen LogP contribution in [0, 0.1) is 22.7 Å². The number of nitriles is 2. The van der Waals surface area contributed by atoms with Crippen LogP contribution in [-0.4, -0.2) is 23.9 Å². The van der Waals surface area contributed by atoms with Gasteiger partial charge >= 0.3 is 0 Å². The predicted molar refractivity (Wildman–Crippen MR) is 68.3 cm³/mol. The Hall–Kier alpha value is -1.89. The molecule has 0 aromatic carbocycles. The maximum absolute atomic E-state index is 12.1. The van der Waals surface area contributed by atoms with Gasteiger partial charge in [0, 0.05) is 18.0 Å². The number of amides is 1. The molecular formula is C12H14N4OS. The molecule has 5 nitrogen and oxygen atoms in total. The fourth-order valence-corrected chi connectivity index (χ4v) is 2.21. The molecule has 1 aromatic heterocycles. The van der Waals surface area contributed by atoms with Gasteiger partial charge in [-0.1, -0.05) is 6.07 Å². The van der Waals surface area contributed by atoms with Gasteiger partial charge in [0.1, 0.15) is 6.04 Å². The van der Waals surface area contributed by atoms with E-state index in [1.807, 2.05) is 23.6 Å². The number of thiophene rings is 1. The van der Waals surface area contributed by atoms with Crippen molar-refractivity contribution in [1.29, 1.82) is 10.5 Å². The minimum atomic E-state index is -0.706. The number of hydrogen-bond donors (Lipinski definition) is 1. The highest BCUT2D eigenvalue weighted by atomic mass is 32.1. The number of nitrogens with zero attached hydrogens (tertiary/aromatic N) is 3. The maximum atomic E-state index is 12.1. The summed E-state index contributed by atoms with van der Waals surface area (Å²) in [5.74, 6) is -0.233. The van der Waals surface area contributed by atoms with Gasteiger partial charge in [0.05, 0.1) is 25.0 Å². The molecule has 94 valence electrons. The summed E-state index contributed by atoms with van der Waals surface area (Å²) in [5, 5.41) is 19.0. The van der Waals surface area contributed by atoms with Crippen molar-refractivity contribution in [1.82, 2.24) is 4.90 Å². The molecule has 0 aliphatic carbocycles. The molecule has 2 N–H and O–H groups in total. The summed E-state index contributed by atoms with van der Waals surface area (Å²) in [4.78, 5) is 14.4. The molecule has 0 spiro atoms. The normalized spacial score (nSPS) is 11.3. The molecule has 1 aromatic rings. The molecule has 18 heavy (non-hydrogen) atoms. The van der Waals surface area contributed by atoms with E-state index in [-0.39, 0.29) is 18.7 Å². The van der Waals surface area contributed by atoms with E-state index in [0.29, 0.717) is 13.1 Å². The van der Waals surface area contributed by atoms with E-state index in [9.17, 15) is 4.79 Å². The van der Waals surface area contributed by atoms with Crippen LogP contribution in [0.5, 0.6) is 0 Å². The molecular weight excluding hydrogens is 248 g/mol. The van der Waals surface area contributed by atoms with Crippen LogP contribution in [0.4, 0.5) is 0 Å². The van der Waals surface area contributed by atoms with E-state index in [0.717, 1.165) is 4.88 Å². The highest BCUT2D eigenvalue weighted by Gasteiger charge is 2.22. The molecule has 1 atom stereocenters. The number of carbonyl (C=O) groups is 1. The summed E-state index contributed by atoms with van der Waals surface area (Å²) in [7, 11) is 0. The van der Waals surface area contributed by atoms with Gasteiger partial charge in [-0.2, -0.15) is 10.5 Å². The molecule has 1 rings (SSSR count). The van der Waals surface area contributed by atoms with Gasteiger partial charge in [0.25, 0.3) is 0 Å². The third kappa shape index (κ3) is 3.85. The van der Waals surface area contributed by atoms with Gasteiger partial charge in [0.15, 0.2) is 0 Å². The van der Waals surface area contributed by atoms with Crippen LogP contribution < -0.4 is 5.73 Å². The lowest BCUT2D eigenvalue weighted by Crippen LogP contribution is -2.39. The quantitative estimate of drug-likeness (QED) is 0.838. The summed E-state index contributed by atoms with van der Waals surface area (Å²) in [5.41, 5.74) is 5.88. The third-order valence-electron chi connectivity index (χ3n) is 2.41. The van der Waals surface area contributed by atoms with Crippen molar-refractivity contribution < 1.29 is 4.79 Å². The molecule has 0 fully saturated rings. The predicted octanol–water partition coefficient (Wildman–Crippen LogP) is 1.40. The van der Waals surface area contributed by atoms with Crippen molar-refractivity contribution in [2.45, 2.75) is 18.9 Å². The Morgan fingerprint density at radius 1 is 1.39 bits per heavy atom. The molecule has 1 unspecified atom stereocenters. The minimum absolute atomic E-state index is 0.233. The Labute approximate surface area is 110 Å². The highest BCUT2D eigenvalue weighted by Crippen LogP contribution is 2.19. The van der Waals surface area contributed by atoms with Crippen LogP contribution >= 0.6 is 11.3 Å². The van der Waals surface area contributed by atoms with E-state index in [1.165, 1.54) is 16.2 Å². The zero-order valence-electron chi connectivity index (χ0n) is 9.87. The Bertz CT molecular complexity index is 439. The molecule has 1 amide bonds. The second-order valence-electron chi connectivity index (χ2n) is 3.63. The number of rotatable bonds is 6. The average molecular weight is 262 g/mol. The first-order chi connectivity index (χ1) is 8.70. The highest BCUT2D eigenvalue weighted by molar-refractivity contribution is 7.10. The van der Waals surface area contributed by atoms with Gasteiger partial charge < -0.3 is 10.6 Å². The number of hydrogen-bond acceptors (Lipinski definition) is 5. The Kier molecular flexibility index (Phi) is 5.86. The fourth-order valence-electron chi connectivity index (χ4n) is 1.49. The van der Waals surface area contributed by atoms with E-state index in [2.05, 4.69) is 0 Å². The van der Waals surface area contributed by atoms with Crippen LogP contribution in [0.15, 0.2) is 17.5 Å². The first-order valence-electron chi connectivity index (χ1n) is 5.52. The topological polar surface area (TPSA) is 93.9 Å². The van der Waals surface area contributed by atoms with Crippen LogP contribution in [0.25, 0.3) is 0 Å². The largest absolute Gasteiger partial charge is 0.339 e. The minimum Gasteiger partial charge on any atom is -0.339 e. The molecule has 0 saturated heterocycles. The van der Waals surface area contributed by atoms with Crippen molar-refractivity contribution in [2.24, 2.45) is 5.73 Å². The van der Waals surface area contributed by atoms with E-state index in [4.69, 9.17) is 16.3 Å². The lowest BCUT2D eigenvalue weighted by atomic mass is 10.2. The second kappa shape index (κ2) is 7.44. The first-order valence-corrected chi connectivity index (χ1v) is 6.40. The first kappa shape index (κ1) is 14.2. The fraction of sp³-hybridized carbons (Fsp3) is 0.417. The van der Waals surface area contributed by atoms with E-state index in [1.54, 1.807) is 6.07 Å². The van der Waals surface area contributed by atoms with E-state index < -0.39 is 6.04 Å². The van der Waals surface area contributed by atoms with Crippen LogP contribution in [0.2, 0.25) is 0 Å². The summed E-state index contributed by atoms with van der Waals surface area (Å²) in [6, 6.07) is 6.91. The van der Waals surface area contributed by atoms with Gasteiger partial charge in [-0.05, 0) is 11.4 Å². The van der Waals surface area contributed by atoms with Crippen LogP contribution in [0.1, 0.15) is 23.8 Å². The van der Waals surface area contributed by atoms with E-state index >= 15 is 0 Å². The maximum Gasteiger partial charge on any atom is 0.244 e. The monoisotopic (exact) mass is 262 g/mol. The number of nitrogens with two attached hydrogens (primary N) is 1. The van der Waals surface area contributed by atoms with Gasteiger partial charge in [-0.3, -0.25) is 4.79 Å². The van der Waals surface area contributed by atoms with Crippen molar-refractivity contribution >= 4 is 17.2 Å². The molecule has 0 bridgehead atoms. The summed E-state index contributed by atoms with van der Waals surface area (Å²) in [6.07, 6.45) is 0.489. The standard InChI is InChI=1S/C12H14N4OS/c13-5-2-7-16(8-3-6-14)12(17)11(15)10-4-1-9-18-10/h1,4,9,11H,2-3,7-8,15H2. The average Bonchev–Trinajstić information content (AvgIpc) is 2.91. The Morgan fingerprint density at radius 3 is 2.44 bits per heavy atom. The summed E-state index contributed by atoms with van der Waals surface area (Å²) >= 11 is 1.42. The zero-order valence-corrected chi connectivity index (χ0v) is 10.7. The molecule has 0 radical (unpaired) electrons. The molecule has 1 heterocycles. The summed E-state index contributed by atoms with van der Waals surface area (Å²) in [6.45, 7) is 0.631. The summed E-state index contributed by atoms with van der Waals surface area (Å²) < 4.78 is 0. The lowest BCUT2D eigenvalue weighted by molar-refractivity contribution is -0.132. The Morgan fingerprint density at radius 2 is 2.00 bits per heavy atom. The SMILES string of the molecule is N#CCCN(CCC#N)C(=O)C(N)c1cccs1. The zero-order chi connectivity index (χ0) is 13.4. The second-order valence-corrected chi connectivity index (χ2v) is 4.61. The molecule has 0 aliphatic heterocycles. The molecule has 0 aliphatic rings. The van der Waals surface area contributed by atoms with Crippen LogP contribution in [0.3, 0.4) is 0 Å². The number of carbonyl (C=O) groups excluding carboxylic acids is 1. The van der Waals surface area contributed by atoms with Crippen molar-refractivity contribution in [3.05, 3.63) is 22.4 Å².